The van der Waals surface area contributed by atoms with Crippen molar-refractivity contribution in [3.05, 3.63) is 59.2 Å². The highest BCUT2D eigenvalue weighted by atomic mass is 19.4. The van der Waals surface area contributed by atoms with Crippen LogP contribution in [-0.4, -0.2) is 17.9 Å². The Hall–Kier alpha value is -2.70. The Balaban J connectivity index is 1.55. The SMILES string of the molecule is CC1CCC(C(C)C)C(OC(=O)Oc2ccc3c(c2)OC(C)(C)CC3c2cccc(C(F)(F)F)c2)C1. The summed E-state index contributed by atoms with van der Waals surface area (Å²) in [5.41, 5.74) is 0.0376. The summed E-state index contributed by atoms with van der Waals surface area (Å²) in [6, 6.07) is 10.5. The molecule has 0 radical (unpaired) electrons. The molecule has 1 heterocycles. The molecular weight excluding hydrogens is 469 g/mol. The second kappa shape index (κ2) is 9.98. The van der Waals surface area contributed by atoms with E-state index >= 15 is 0 Å². The van der Waals surface area contributed by atoms with Gasteiger partial charge in [-0.15, -0.1) is 0 Å². The molecule has 2 aromatic carbocycles. The van der Waals surface area contributed by atoms with Crippen LogP contribution in [0.15, 0.2) is 42.5 Å². The molecule has 4 unspecified atom stereocenters. The average molecular weight is 505 g/mol. The zero-order valence-electron chi connectivity index (χ0n) is 21.5. The van der Waals surface area contributed by atoms with Crippen molar-refractivity contribution >= 4 is 6.16 Å². The molecule has 2 aromatic rings. The molecule has 0 aromatic heterocycles. The zero-order valence-corrected chi connectivity index (χ0v) is 21.5. The lowest BCUT2D eigenvalue weighted by atomic mass is 9.75. The summed E-state index contributed by atoms with van der Waals surface area (Å²) in [6.45, 7) is 10.3. The van der Waals surface area contributed by atoms with E-state index in [0.717, 1.165) is 30.9 Å². The lowest BCUT2D eigenvalue weighted by molar-refractivity contribution is -0.137. The highest BCUT2D eigenvalue weighted by Gasteiger charge is 2.37. The maximum atomic E-state index is 13.3. The summed E-state index contributed by atoms with van der Waals surface area (Å²) in [5, 5.41) is 0. The number of hydrogen-bond donors (Lipinski definition) is 0. The van der Waals surface area contributed by atoms with Crippen molar-refractivity contribution < 1.29 is 32.2 Å². The van der Waals surface area contributed by atoms with E-state index in [0.29, 0.717) is 35.5 Å². The van der Waals surface area contributed by atoms with E-state index in [2.05, 4.69) is 20.8 Å². The van der Waals surface area contributed by atoms with Crippen molar-refractivity contribution in [3.63, 3.8) is 0 Å². The number of carbonyl (C=O) groups is 1. The number of hydrogen-bond acceptors (Lipinski definition) is 4. The van der Waals surface area contributed by atoms with Crippen molar-refractivity contribution in [2.45, 2.75) is 84.1 Å². The van der Waals surface area contributed by atoms with Crippen LogP contribution >= 0.6 is 0 Å². The van der Waals surface area contributed by atoms with Crippen LogP contribution in [-0.2, 0) is 10.9 Å². The first-order valence-electron chi connectivity index (χ1n) is 12.7. The predicted octanol–water partition coefficient (Wildman–Crippen LogP) is 8.37. The maximum Gasteiger partial charge on any atom is 0.514 e. The molecular formula is C29H35F3O4. The molecule has 4 rings (SSSR count). The minimum atomic E-state index is -4.41. The molecule has 36 heavy (non-hydrogen) atoms. The van der Waals surface area contributed by atoms with E-state index in [1.807, 2.05) is 13.8 Å². The standard InChI is InChI=1S/C29H35F3O4/c1-17(2)22-11-9-18(3)13-25(22)35-27(33)34-21-10-12-23-24(16-28(4,5)36-26(23)15-21)19-7-6-8-20(14-19)29(30,31)32/h6-8,10,12,14-15,17-18,22,24-25H,9,11,13,16H2,1-5H3. The Morgan fingerprint density at radius 2 is 1.86 bits per heavy atom. The molecule has 0 N–H and O–H groups in total. The van der Waals surface area contributed by atoms with Gasteiger partial charge in [0.2, 0.25) is 0 Å². The predicted molar refractivity (Wildman–Crippen MR) is 131 cm³/mol. The first-order chi connectivity index (χ1) is 16.8. The Bertz CT molecular complexity index is 1090. The van der Waals surface area contributed by atoms with Crippen molar-refractivity contribution in [1.29, 1.82) is 0 Å². The summed E-state index contributed by atoms with van der Waals surface area (Å²) in [7, 11) is 0. The second-order valence-corrected chi connectivity index (χ2v) is 11.3. The van der Waals surface area contributed by atoms with Gasteiger partial charge < -0.3 is 14.2 Å². The van der Waals surface area contributed by atoms with E-state index in [-0.39, 0.29) is 17.8 Å². The van der Waals surface area contributed by atoms with Gasteiger partial charge in [-0.1, -0.05) is 51.5 Å². The van der Waals surface area contributed by atoms with E-state index in [4.69, 9.17) is 14.2 Å². The lowest BCUT2D eigenvalue weighted by Gasteiger charge is -2.38. The van der Waals surface area contributed by atoms with Gasteiger partial charge in [0, 0.05) is 17.5 Å². The molecule has 7 heteroatoms. The van der Waals surface area contributed by atoms with Crippen LogP contribution in [0.3, 0.4) is 0 Å². The number of carbonyl (C=O) groups excluding carboxylic acids is 1. The highest BCUT2D eigenvalue weighted by molar-refractivity contribution is 5.65. The third-order valence-corrected chi connectivity index (χ3v) is 7.47. The van der Waals surface area contributed by atoms with Crippen molar-refractivity contribution in [3.8, 4) is 11.5 Å². The molecule has 1 saturated carbocycles. The third kappa shape index (κ3) is 5.98. The zero-order chi connectivity index (χ0) is 26.3. The van der Waals surface area contributed by atoms with Crippen LogP contribution in [0, 0.1) is 17.8 Å². The van der Waals surface area contributed by atoms with Gasteiger partial charge in [-0.25, -0.2) is 4.79 Å². The number of benzene rings is 2. The Morgan fingerprint density at radius 3 is 2.56 bits per heavy atom. The van der Waals surface area contributed by atoms with E-state index < -0.39 is 23.5 Å². The fourth-order valence-corrected chi connectivity index (χ4v) is 5.62. The van der Waals surface area contributed by atoms with Gasteiger partial charge in [-0.05, 0) is 68.6 Å². The second-order valence-electron chi connectivity index (χ2n) is 11.3. The molecule has 0 spiro atoms. The molecule has 2 aliphatic rings. The Labute approximate surface area is 211 Å². The minimum Gasteiger partial charge on any atom is -0.487 e. The van der Waals surface area contributed by atoms with E-state index in [1.165, 1.54) is 12.1 Å². The van der Waals surface area contributed by atoms with Gasteiger partial charge in [0.05, 0.1) is 5.56 Å². The van der Waals surface area contributed by atoms with E-state index in [1.54, 1.807) is 24.3 Å². The molecule has 0 amide bonds. The Morgan fingerprint density at radius 1 is 1.11 bits per heavy atom. The summed E-state index contributed by atoms with van der Waals surface area (Å²) >= 11 is 0. The van der Waals surface area contributed by atoms with Gasteiger partial charge >= 0.3 is 12.3 Å². The van der Waals surface area contributed by atoms with Crippen LogP contribution in [0.5, 0.6) is 11.5 Å². The number of ether oxygens (including phenoxy) is 3. The minimum absolute atomic E-state index is 0.181. The van der Waals surface area contributed by atoms with Gasteiger partial charge in [-0.3, -0.25) is 0 Å². The molecule has 1 aliphatic heterocycles. The third-order valence-electron chi connectivity index (χ3n) is 7.47. The van der Waals surface area contributed by atoms with Gasteiger partial charge in [0.25, 0.3) is 0 Å². The number of rotatable bonds is 4. The molecule has 4 atom stereocenters. The first-order valence-corrected chi connectivity index (χ1v) is 12.7. The summed E-state index contributed by atoms with van der Waals surface area (Å²) < 4.78 is 57.4. The van der Waals surface area contributed by atoms with Crippen LogP contribution in [0.2, 0.25) is 0 Å². The van der Waals surface area contributed by atoms with Crippen LogP contribution in [0.1, 0.15) is 82.9 Å². The fourth-order valence-electron chi connectivity index (χ4n) is 5.62. The molecule has 1 fully saturated rings. The molecule has 4 nitrogen and oxygen atoms in total. The topological polar surface area (TPSA) is 44.8 Å². The van der Waals surface area contributed by atoms with Crippen molar-refractivity contribution in [2.75, 3.05) is 0 Å². The van der Waals surface area contributed by atoms with Crippen LogP contribution < -0.4 is 9.47 Å². The summed E-state index contributed by atoms with van der Waals surface area (Å²) in [4.78, 5) is 12.7. The molecule has 196 valence electrons. The fraction of sp³-hybridized carbons (Fsp3) is 0.552. The summed E-state index contributed by atoms with van der Waals surface area (Å²) in [5.74, 6) is 1.68. The van der Waals surface area contributed by atoms with Crippen LogP contribution in [0.4, 0.5) is 18.0 Å². The molecule has 1 aliphatic carbocycles. The van der Waals surface area contributed by atoms with Crippen molar-refractivity contribution in [2.24, 2.45) is 17.8 Å². The van der Waals surface area contributed by atoms with Gasteiger partial charge in [0.1, 0.15) is 23.2 Å². The van der Waals surface area contributed by atoms with Crippen molar-refractivity contribution in [1.82, 2.24) is 0 Å². The van der Waals surface area contributed by atoms with E-state index in [9.17, 15) is 18.0 Å². The first kappa shape index (κ1) is 26.4. The number of alkyl halides is 3. The quantitative estimate of drug-likeness (QED) is 0.310. The molecule has 0 bridgehead atoms. The molecule has 0 saturated heterocycles. The van der Waals surface area contributed by atoms with Gasteiger partial charge in [-0.2, -0.15) is 13.2 Å². The maximum absolute atomic E-state index is 13.3. The van der Waals surface area contributed by atoms with Gasteiger partial charge in [0.15, 0.2) is 0 Å². The average Bonchev–Trinajstić information content (AvgIpc) is 2.77. The normalized spacial score (nSPS) is 25.6. The largest absolute Gasteiger partial charge is 0.514 e. The highest BCUT2D eigenvalue weighted by Crippen LogP contribution is 2.46. The van der Waals surface area contributed by atoms with Crippen LogP contribution in [0.25, 0.3) is 0 Å². The number of fused-ring (bicyclic) bond motifs is 1. The smallest absolute Gasteiger partial charge is 0.487 e. The lowest BCUT2D eigenvalue weighted by Crippen LogP contribution is -2.36. The monoisotopic (exact) mass is 504 g/mol. The Kier molecular flexibility index (Phi) is 7.31. The summed E-state index contributed by atoms with van der Waals surface area (Å²) in [6.07, 6.45) is -1.86. The number of halogens is 3.